The number of nitrogens with one attached hydrogen (secondary N) is 2. The molecule has 0 radical (unpaired) electrons. The molecule has 142 valence electrons. The van der Waals surface area contributed by atoms with Crippen molar-refractivity contribution in [1.29, 1.82) is 0 Å². The van der Waals surface area contributed by atoms with Gasteiger partial charge in [0, 0.05) is 16.4 Å². The van der Waals surface area contributed by atoms with Crippen molar-refractivity contribution in [2.75, 3.05) is 31.6 Å². The molecule has 2 N–H and O–H groups in total. The normalized spacial score (nSPS) is 15.4. The van der Waals surface area contributed by atoms with E-state index in [0.29, 0.717) is 6.54 Å². The lowest BCUT2D eigenvalue weighted by Gasteiger charge is -2.23. The first kappa shape index (κ1) is 18.6. The highest BCUT2D eigenvalue weighted by Crippen LogP contribution is 2.33. The van der Waals surface area contributed by atoms with Crippen LogP contribution in [-0.2, 0) is 17.8 Å². The Bertz CT molecular complexity index is 953. The summed E-state index contributed by atoms with van der Waals surface area (Å²) >= 11 is 8.06. The molecule has 0 bridgehead atoms. The molecule has 27 heavy (non-hydrogen) atoms. The Balaban J connectivity index is 1.65. The number of ether oxygens (including phenoxy) is 1. The summed E-state index contributed by atoms with van der Waals surface area (Å²) in [7, 11) is 0. The van der Waals surface area contributed by atoms with Gasteiger partial charge in [-0.3, -0.25) is 0 Å². The van der Waals surface area contributed by atoms with Crippen LogP contribution in [0.5, 0.6) is 0 Å². The van der Waals surface area contributed by atoms with Gasteiger partial charge in [0.1, 0.15) is 30.3 Å². The fraction of sp³-hybridized carbons (Fsp3) is 0.400. The molecule has 3 aromatic rings. The molecule has 0 aliphatic carbocycles. The number of nitrogens with zero attached hydrogens (tertiary/aromatic N) is 2. The first-order valence-electron chi connectivity index (χ1n) is 9.27. The van der Waals surface area contributed by atoms with Gasteiger partial charge >= 0.3 is 0 Å². The SMILES string of the molecule is Cc1sc2nc(C[NH+]3CCOCC3)nc(NCc3ccccc3Cl)c2c1C. The summed E-state index contributed by atoms with van der Waals surface area (Å²) in [4.78, 5) is 13.6. The molecule has 0 atom stereocenters. The predicted octanol–water partition coefficient (Wildman–Crippen LogP) is 2.99. The number of hydrogen-bond donors (Lipinski definition) is 2. The summed E-state index contributed by atoms with van der Waals surface area (Å²) < 4.78 is 5.46. The molecule has 4 rings (SSSR count). The number of aromatic nitrogens is 2. The molecule has 0 amide bonds. The highest BCUT2D eigenvalue weighted by Gasteiger charge is 2.19. The Labute approximate surface area is 168 Å². The molecular weight excluding hydrogens is 380 g/mol. The lowest BCUT2D eigenvalue weighted by molar-refractivity contribution is -0.922. The minimum absolute atomic E-state index is 0.643. The van der Waals surface area contributed by atoms with E-state index in [-0.39, 0.29) is 0 Å². The van der Waals surface area contributed by atoms with Crippen LogP contribution in [0.15, 0.2) is 24.3 Å². The van der Waals surface area contributed by atoms with Gasteiger partial charge in [0.15, 0.2) is 5.82 Å². The quantitative estimate of drug-likeness (QED) is 0.687. The van der Waals surface area contributed by atoms with Crippen molar-refractivity contribution in [2.45, 2.75) is 26.9 Å². The summed E-state index contributed by atoms with van der Waals surface area (Å²) in [5, 5.41) is 5.41. The second-order valence-corrected chi connectivity index (χ2v) is 8.55. The van der Waals surface area contributed by atoms with Crippen molar-refractivity contribution in [3.05, 3.63) is 51.1 Å². The Morgan fingerprint density at radius 3 is 2.74 bits per heavy atom. The van der Waals surface area contributed by atoms with E-state index in [9.17, 15) is 0 Å². The van der Waals surface area contributed by atoms with Gasteiger partial charge in [0.2, 0.25) is 0 Å². The number of anilines is 1. The topological polar surface area (TPSA) is 51.5 Å². The number of aryl methyl sites for hydroxylation is 2. The summed E-state index contributed by atoms with van der Waals surface area (Å²) in [6, 6.07) is 7.91. The summed E-state index contributed by atoms with van der Waals surface area (Å²) in [5.74, 6) is 1.80. The van der Waals surface area contributed by atoms with Gasteiger partial charge in [-0.1, -0.05) is 29.8 Å². The van der Waals surface area contributed by atoms with Gasteiger partial charge in [-0.25, -0.2) is 9.97 Å². The van der Waals surface area contributed by atoms with E-state index in [0.717, 1.165) is 65.3 Å². The number of halogens is 1. The van der Waals surface area contributed by atoms with E-state index < -0.39 is 0 Å². The van der Waals surface area contributed by atoms with E-state index in [1.165, 1.54) is 15.3 Å². The lowest BCUT2D eigenvalue weighted by atomic mass is 10.2. The lowest BCUT2D eigenvalue weighted by Crippen LogP contribution is -3.12. The van der Waals surface area contributed by atoms with Gasteiger partial charge < -0.3 is 15.0 Å². The summed E-state index contributed by atoms with van der Waals surface area (Å²) in [5.41, 5.74) is 2.32. The maximum atomic E-state index is 6.32. The maximum absolute atomic E-state index is 6.32. The fourth-order valence-corrected chi connectivity index (χ4v) is 4.63. The Morgan fingerprint density at radius 1 is 1.19 bits per heavy atom. The average Bonchev–Trinajstić information content (AvgIpc) is 2.96. The van der Waals surface area contributed by atoms with Crippen LogP contribution in [0, 0.1) is 13.8 Å². The largest absolute Gasteiger partial charge is 0.370 e. The smallest absolute Gasteiger partial charge is 0.187 e. The number of fused-ring (bicyclic) bond motifs is 1. The number of hydrogen-bond acceptors (Lipinski definition) is 5. The molecule has 2 aromatic heterocycles. The number of morpholine rings is 1. The van der Waals surface area contributed by atoms with Crippen molar-refractivity contribution in [3.63, 3.8) is 0 Å². The third-order valence-electron chi connectivity index (χ3n) is 5.09. The molecule has 3 heterocycles. The van der Waals surface area contributed by atoms with E-state index in [1.54, 1.807) is 11.3 Å². The first-order chi connectivity index (χ1) is 13.1. The minimum atomic E-state index is 0.643. The van der Waals surface area contributed by atoms with E-state index in [4.69, 9.17) is 26.3 Å². The number of benzene rings is 1. The minimum Gasteiger partial charge on any atom is -0.370 e. The van der Waals surface area contributed by atoms with E-state index >= 15 is 0 Å². The van der Waals surface area contributed by atoms with Gasteiger partial charge in [0.25, 0.3) is 0 Å². The number of quaternary nitrogens is 1. The van der Waals surface area contributed by atoms with Gasteiger partial charge in [-0.2, -0.15) is 0 Å². The zero-order chi connectivity index (χ0) is 18.8. The second-order valence-electron chi connectivity index (χ2n) is 6.94. The highest BCUT2D eigenvalue weighted by atomic mass is 35.5. The summed E-state index contributed by atoms with van der Waals surface area (Å²) in [6.45, 7) is 9.40. The van der Waals surface area contributed by atoms with Crippen LogP contribution < -0.4 is 10.2 Å². The molecule has 1 fully saturated rings. The third kappa shape index (κ3) is 4.09. The third-order valence-corrected chi connectivity index (χ3v) is 6.56. The van der Waals surface area contributed by atoms with Crippen molar-refractivity contribution in [3.8, 4) is 0 Å². The van der Waals surface area contributed by atoms with E-state index in [2.05, 4.69) is 19.2 Å². The van der Waals surface area contributed by atoms with Crippen molar-refractivity contribution in [1.82, 2.24) is 9.97 Å². The molecule has 1 aromatic carbocycles. The Morgan fingerprint density at radius 2 is 1.96 bits per heavy atom. The zero-order valence-corrected chi connectivity index (χ0v) is 17.2. The number of rotatable bonds is 5. The molecule has 7 heteroatoms. The molecule has 1 aliphatic rings. The number of thiophene rings is 1. The molecular formula is C20H24ClN4OS+. The van der Waals surface area contributed by atoms with Crippen LogP contribution in [0.4, 0.5) is 5.82 Å². The Hall–Kier alpha value is -1.73. The highest BCUT2D eigenvalue weighted by molar-refractivity contribution is 7.18. The van der Waals surface area contributed by atoms with Gasteiger partial charge in [-0.15, -0.1) is 11.3 Å². The second kappa shape index (κ2) is 8.10. The van der Waals surface area contributed by atoms with Crippen LogP contribution in [0.3, 0.4) is 0 Å². The monoisotopic (exact) mass is 403 g/mol. The predicted molar refractivity (Wildman–Crippen MR) is 111 cm³/mol. The molecule has 0 unspecified atom stereocenters. The first-order valence-corrected chi connectivity index (χ1v) is 10.5. The maximum Gasteiger partial charge on any atom is 0.187 e. The van der Waals surface area contributed by atoms with Crippen LogP contribution in [-0.4, -0.2) is 36.3 Å². The average molecular weight is 404 g/mol. The molecule has 1 saturated heterocycles. The van der Waals surface area contributed by atoms with Crippen LogP contribution in [0.1, 0.15) is 21.8 Å². The standard InChI is InChI=1S/C20H23ClN4OS/c1-13-14(2)27-20-18(13)19(22-11-15-5-3-4-6-16(15)21)23-17(24-20)12-25-7-9-26-10-8-25/h3-6H,7-12H2,1-2H3,(H,22,23,24)/p+1. The van der Waals surface area contributed by atoms with Crippen LogP contribution in [0.2, 0.25) is 5.02 Å². The van der Waals surface area contributed by atoms with E-state index in [1.807, 2.05) is 24.3 Å². The fourth-order valence-electron chi connectivity index (χ4n) is 3.38. The zero-order valence-electron chi connectivity index (χ0n) is 15.6. The summed E-state index contributed by atoms with van der Waals surface area (Å²) in [6.07, 6.45) is 0. The van der Waals surface area contributed by atoms with Crippen molar-refractivity contribution in [2.24, 2.45) is 0 Å². The van der Waals surface area contributed by atoms with Crippen LogP contribution >= 0.6 is 22.9 Å². The molecule has 5 nitrogen and oxygen atoms in total. The van der Waals surface area contributed by atoms with Gasteiger partial charge in [-0.05, 0) is 31.0 Å². The van der Waals surface area contributed by atoms with Gasteiger partial charge in [0.05, 0.1) is 18.6 Å². The molecule has 0 spiro atoms. The molecule has 0 saturated carbocycles. The van der Waals surface area contributed by atoms with Crippen molar-refractivity contribution < 1.29 is 9.64 Å². The van der Waals surface area contributed by atoms with Crippen molar-refractivity contribution >= 4 is 39.0 Å². The van der Waals surface area contributed by atoms with Crippen LogP contribution in [0.25, 0.3) is 10.2 Å². The molecule has 1 aliphatic heterocycles. The Kier molecular flexibility index (Phi) is 5.59.